The van der Waals surface area contributed by atoms with E-state index in [1.807, 2.05) is 6.92 Å². The van der Waals surface area contributed by atoms with Crippen LogP contribution in [0.4, 0.5) is 4.79 Å². The second kappa shape index (κ2) is 9.60. The van der Waals surface area contributed by atoms with Crippen molar-refractivity contribution in [3.8, 4) is 5.75 Å². The van der Waals surface area contributed by atoms with Crippen LogP contribution in [0.5, 0.6) is 5.75 Å². The van der Waals surface area contributed by atoms with E-state index in [2.05, 4.69) is 5.32 Å². The van der Waals surface area contributed by atoms with Gasteiger partial charge in [0.1, 0.15) is 16.2 Å². The highest BCUT2D eigenvalue weighted by atomic mass is 32.2. The molecule has 1 unspecified atom stereocenters. The molecular weight excluding hydrogens is 434 g/mol. The number of carboxylic acid groups (broad SMARTS) is 1. The molecule has 2 aromatic carbocycles. The lowest BCUT2D eigenvalue weighted by Crippen LogP contribution is -2.42. The number of amides is 1. The Morgan fingerprint density at radius 1 is 0.969 bits per heavy atom. The van der Waals surface area contributed by atoms with Crippen LogP contribution < -0.4 is 9.50 Å². The second-order valence-electron chi connectivity index (χ2n) is 8.86. The number of aliphatic carboxylic acids is 1. The number of carbonyl (C=O) groups is 2. The Balaban J connectivity index is 2.19. The van der Waals surface area contributed by atoms with E-state index in [4.69, 9.17) is 8.92 Å². The molecule has 0 bridgehead atoms. The molecule has 0 fully saturated rings. The van der Waals surface area contributed by atoms with Gasteiger partial charge in [0.15, 0.2) is 0 Å². The van der Waals surface area contributed by atoms with Crippen molar-refractivity contribution < 1.29 is 32.0 Å². The van der Waals surface area contributed by atoms with Gasteiger partial charge in [0.05, 0.1) is 6.42 Å². The molecule has 0 aliphatic heterocycles. The van der Waals surface area contributed by atoms with Crippen LogP contribution in [0.1, 0.15) is 45.2 Å². The first-order valence-corrected chi connectivity index (χ1v) is 11.4. The Morgan fingerprint density at radius 3 is 2.03 bits per heavy atom. The van der Waals surface area contributed by atoms with Gasteiger partial charge in [0.2, 0.25) is 0 Å². The van der Waals surface area contributed by atoms with Gasteiger partial charge in [-0.3, -0.25) is 4.79 Å². The van der Waals surface area contributed by atoms with Crippen molar-refractivity contribution in [3.05, 3.63) is 59.7 Å². The Hall–Kier alpha value is -3.07. The summed E-state index contributed by atoms with van der Waals surface area (Å²) in [6, 6.07) is 12.3. The van der Waals surface area contributed by atoms with Gasteiger partial charge in [-0.1, -0.05) is 36.8 Å². The second-order valence-corrected chi connectivity index (χ2v) is 10.4. The lowest BCUT2D eigenvalue weighted by Gasteiger charge is -2.30. The zero-order valence-corrected chi connectivity index (χ0v) is 19.7. The number of hydrogen-bond acceptors (Lipinski definition) is 6. The Kier molecular flexibility index (Phi) is 7.56. The normalized spacial score (nSPS) is 13.7. The summed E-state index contributed by atoms with van der Waals surface area (Å²) < 4.78 is 35.3. The number of alkyl carbamates (subject to hydrolysis) is 1. The molecule has 32 heavy (non-hydrogen) atoms. The van der Waals surface area contributed by atoms with Crippen molar-refractivity contribution in [1.82, 2.24) is 5.32 Å². The van der Waals surface area contributed by atoms with Crippen molar-refractivity contribution in [1.29, 1.82) is 0 Å². The molecule has 1 atom stereocenters. The van der Waals surface area contributed by atoms with Crippen molar-refractivity contribution >= 4 is 22.2 Å². The number of rotatable bonds is 8. The van der Waals surface area contributed by atoms with Gasteiger partial charge in [0.25, 0.3) is 0 Å². The lowest BCUT2D eigenvalue weighted by atomic mass is 9.79. The fourth-order valence-electron chi connectivity index (χ4n) is 2.97. The quantitative estimate of drug-likeness (QED) is 0.568. The van der Waals surface area contributed by atoms with Crippen LogP contribution in [0.25, 0.3) is 0 Å². The summed E-state index contributed by atoms with van der Waals surface area (Å²) >= 11 is 0. The van der Waals surface area contributed by atoms with Crippen molar-refractivity contribution in [2.75, 3.05) is 6.54 Å². The van der Waals surface area contributed by atoms with Crippen LogP contribution >= 0.6 is 0 Å². The highest BCUT2D eigenvalue weighted by Gasteiger charge is 2.31. The first-order chi connectivity index (χ1) is 14.7. The van der Waals surface area contributed by atoms with Crippen LogP contribution in [-0.2, 0) is 25.1 Å². The number of ether oxygens (including phenoxy) is 1. The number of hydrogen-bond donors (Lipinski definition) is 2. The van der Waals surface area contributed by atoms with Crippen LogP contribution in [-0.4, -0.2) is 37.7 Å². The first-order valence-electron chi connectivity index (χ1n) is 10.0. The summed E-state index contributed by atoms with van der Waals surface area (Å²) in [6.45, 7) is 8.74. The van der Waals surface area contributed by atoms with Crippen LogP contribution in [0.2, 0.25) is 0 Å². The Morgan fingerprint density at radius 2 is 1.53 bits per heavy atom. The molecule has 0 saturated carbocycles. The third-order valence-corrected chi connectivity index (χ3v) is 5.89. The number of carboxylic acids is 1. The molecule has 0 saturated heterocycles. The van der Waals surface area contributed by atoms with Crippen LogP contribution in [0.3, 0.4) is 0 Å². The average Bonchev–Trinajstić information content (AvgIpc) is 2.65. The summed E-state index contributed by atoms with van der Waals surface area (Å²) in [6.07, 6.45) is -0.914. The van der Waals surface area contributed by atoms with E-state index in [0.717, 1.165) is 5.56 Å². The van der Waals surface area contributed by atoms with Crippen molar-refractivity contribution in [2.45, 2.75) is 57.0 Å². The van der Waals surface area contributed by atoms with Gasteiger partial charge >= 0.3 is 22.2 Å². The minimum absolute atomic E-state index is 0.0100. The summed E-state index contributed by atoms with van der Waals surface area (Å²) in [5.41, 5.74) is -0.131. The van der Waals surface area contributed by atoms with E-state index in [1.165, 1.54) is 24.3 Å². The number of benzene rings is 2. The number of carbonyl (C=O) groups excluding carboxylic acids is 1. The SMILES string of the molecule is Cc1ccc(S(=O)(=O)Oc2ccc(C(C)(CNC(=O)OC(C)(C)C)CC(=O)O)cc2)cc1. The maximum atomic E-state index is 12.5. The minimum atomic E-state index is -4.00. The Labute approximate surface area is 188 Å². The molecule has 174 valence electrons. The maximum Gasteiger partial charge on any atom is 0.407 e. The predicted molar refractivity (Wildman–Crippen MR) is 119 cm³/mol. The molecular formula is C23H29NO7S. The number of nitrogens with one attached hydrogen (secondary N) is 1. The Bertz CT molecular complexity index is 1060. The zero-order valence-electron chi connectivity index (χ0n) is 18.8. The molecule has 0 aliphatic rings. The molecule has 2 aromatic rings. The smallest absolute Gasteiger partial charge is 0.407 e. The van der Waals surface area contributed by atoms with E-state index < -0.39 is 33.2 Å². The topological polar surface area (TPSA) is 119 Å². The summed E-state index contributed by atoms with van der Waals surface area (Å²) in [4.78, 5) is 23.5. The molecule has 0 radical (unpaired) electrons. The fourth-order valence-corrected chi connectivity index (χ4v) is 3.90. The van der Waals surface area contributed by atoms with Crippen LogP contribution in [0, 0.1) is 6.92 Å². The number of aryl methyl sites for hydroxylation is 1. The fraction of sp³-hybridized carbons (Fsp3) is 0.391. The highest BCUT2D eigenvalue weighted by Crippen LogP contribution is 2.30. The summed E-state index contributed by atoms with van der Waals surface area (Å²) in [5, 5.41) is 12.0. The molecule has 9 heteroatoms. The molecule has 0 aromatic heterocycles. The van der Waals surface area contributed by atoms with Gasteiger partial charge in [-0.25, -0.2) is 4.79 Å². The largest absolute Gasteiger partial charge is 0.481 e. The third kappa shape index (κ3) is 7.26. The van der Waals surface area contributed by atoms with Crippen molar-refractivity contribution in [2.24, 2.45) is 0 Å². The molecule has 8 nitrogen and oxygen atoms in total. The average molecular weight is 464 g/mol. The predicted octanol–water partition coefficient (Wildman–Crippen LogP) is 4.02. The minimum Gasteiger partial charge on any atom is -0.481 e. The standard InChI is InChI=1S/C23H29NO7S/c1-16-6-12-19(13-7-16)32(28,29)31-18-10-8-17(9-11-18)23(5,14-20(25)26)15-24-21(27)30-22(2,3)4/h6-13H,14-15H2,1-5H3,(H,24,27)(H,25,26). The van der Waals surface area contributed by atoms with E-state index in [0.29, 0.717) is 5.56 Å². The van der Waals surface area contributed by atoms with E-state index in [9.17, 15) is 23.1 Å². The summed E-state index contributed by atoms with van der Waals surface area (Å²) in [5.74, 6) is -0.951. The molecule has 0 spiro atoms. The van der Waals surface area contributed by atoms with Gasteiger partial charge in [0, 0.05) is 12.0 Å². The van der Waals surface area contributed by atoms with E-state index >= 15 is 0 Å². The monoisotopic (exact) mass is 463 g/mol. The van der Waals surface area contributed by atoms with Crippen molar-refractivity contribution in [3.63, 3.8) is 0 Å². The summed E-state index contributed by atoms with van der Waals surface area (Å²) in [7, 11) is -4.00. The van der Waals surface area contributed by atoms with Gasteiger partial charge in [-0.05, 0) is 57.5 Å². The van der Waals surface area contributed by atoms with Gasteiger partial charge in [-0.2, -0.15) is 8.42 Å². The first kappa shape index (κ1) is 25.2. The zero-order chi connectivity index (χ0) is 24.2. The lowest BCUT2D eigenvalue weighted by molar-refractivity contribution is -0.138. The van der Waals surface area contributed by atoms with Gasteiger partial charge < -0.3 is 19.3 Å². The molecule has 2 N–H and O–H groups in total. The maximum absolute atomic E-state index is 12.5. The third-order valence-electron chi connectivity index (χ3n) is 4.63. The van der Waals surface area contributed by atoms with Gasteiger partial charge in [-0.15, -0.1) is 0 Å². The van der Waals surface area contributed by atoms with E-state index in [-0.39, 0.29) is 23.6 Å². The van der Waals surface area contributed by atoms with Crippen LogP contribution in [0.15, 0.2) is 53.4 Å². The highest BCUT2D eigenvalue weighted by molar-refractivity contribution is 7.87. The molecule has 0 heterocycles. The van der Waals surface area contributed by atoms with E-state index in [1.54, 1.807) is 52.0 Å². The molecule has 1 amide bonds. The molecule has 2 rings (SSSR count). The molecule has 0 aliphatic carbocycles.